The summed E-state index contributed by atoms with van der Waals surface area (Å²) in [7, 11) is 0. The summed E-state index contributed by atoms with van der Waals surface area (Å²) in [6, 6.07) is 7.35. The van der Waals surface area contributed by atoms with Crippen LogP contribution in [0.5, 0.6) is 0 Å². The van der Waals surface area contributed by atoms with Crippen molar-refractivity contribution in [3.63, 3.8) is 0 Å². The van der Waals surface area contributed by atoms with Gasteiger partial charge in [-0.1, -0.05) is 12.1 Å². The first-order valence-corrected chi connectivity index (χ1v) is 5.59. The molecule has 4 nitrogen and oxygen atoms in total. The molecule has 0 atom stereocenters. The molecule has 0 unspecified atom stereocenters. The van der Waals surface area contributed by atoms with Gasteiger partial charge in [-0.3, -0.25) is 4.79 Å². The topological polar surface area (TPSA) is 63.3 Å². The van der Waals surface area contributed by atoms with Crippen molar-refractivity contribution in [1.29, 1.82) is 0 Å². The lowest BCUT2D eigenvalue weighted by molar-refractivity contribution is -0.138. The van der Waals surface area contributed by atoms with E-state index in [1.807, 2.05) is 18.2 Å². The van der Waals surface area contributed by atoms with Gasteiger partial charge in [-0.25, -0.2) is 4.98 Å². The molecule has 0 aliphatic rings. The highest BCUT2D eigenvalue weighted by atomic mass is 32.2. The second-order valence-electron chi connectivity index (χ2n) is 3.87. The number of carboxylic acids is 1. The van der Waals surface area contributed by atoms with Crippen LogP contribution in [0.4, 0.5) is 0 Å². The van der Waals surface area contributed by atoms with Crippen LogP contribution in [0.2, 0.25) is 0 Å². The van der Waals surface area contributed by atoms with Crippen molar-refractivity contribution in [3.8, 4) is 0 Å². The summed E-state index contributed by atoms with van der Waals surface area (Å²) in [6.07, 6.45) is 0. The molecule has 0 spiro atoms. The Morgan fingerprint density at radius 1 is 1.44 bits per heavy atom. The number of nitrogens with zero attached hydrogens (tertiary/aromatic N) is 1. The molecule has 0 fully saturated rings. The molecule has 0 saturated heterocycles. The highest BCUT2D eigenvalue weighted by molar-refractivity contribution is 8.01. The highest BCUT2D eigenvalue weighted by Gasteiger charge is 2.30. The molecule has 1 aromatic heterocycles. The lowest BCUT2D eigenvalue weighted by Gasteiger charge is -2.14. The molecule has 1 aromatic carbocycles. The van der Waals surface area contributed by atoms with Crippen molar-refractivity contribution in [2.24, 2.45) is 0 Å². The Hall–Kier alpha value is -1.49. The number of carbonyl (C=O) groups is 1. The minimum absolute atomic E-state index is 0.383. The third-order valence-electron chi connectivity index (χ3n) is 2.13. The van der Waals surface area contributed by atoms with Gasteiger partial charge in [0.15, 0.2) is 5.58 Å². The van der Waals surface area contributed by atoms with E-state index in [2.05, 4.69) is 4.98 Å². The molecule has 0 aliphatic carbocycles. The molecule has 0 amide bonds. The van der Waals surface area contributed by atoms with Crippen LogP contribution < -0.4 is 0 Å². The van der Waals surface area contributed by atoms with Crippen molar-refractivity contribution in [2.45, 2.75) is 23.8 Å². The summed E-state index contributed by atoms with van der Waals surface area (Å²) in [5, 5.41) is 9.37. The zero-order chi connectivity index (χ0) is 11.8. The van der Waals surface area contributed by atoms with Gasteiger partial charge in [0.1, 0.15) is 10.3 Å². The second-order valence-corrected chi connectivity index (χ2v) is 5.44. The van der Waals surface area contributed by atoms with E-state index < -0.39 is 10.7 Å². The summed E-state index contributed by atoms with van der Waals surface area (Å²) >= 11 is 1.10. The fourth-order valence-corrected chi connectivity index (χ4v) is 1.96. The van der Waals surface area contributed by atoms with Crippen molar-refractivity contribution in [3.05, 3.63) is 24.3 Å². The van der Waals surface area contributed by atoms with E-state index in [9.17, 15) is 4.79 Å². The number of hydrogen-bond donors (Lipinski definition) is 1. The maximum absolute atomic E-state index is 11.0. The first-order chi connectivity index (χ1) is 7.49. The Balaban J connectivity index is 2.32. The number of hydrogen-bond acceptors (Lipinski definition) is 4. The predicted octanol–water partition coefficient (Wildman–Crippen LogP) is 2.78. The maximum Gasteiger partial charge on any atom is 0.319 e. The number of carboxylic acid groups (broad SMARTS) is 1. The van der Waals surface area contributed by atoms with Gasteiger partial charge in [-0.05, 0) is 37.7 Å². The molecule has 5 heteroatoms. The summed E-state index contributed by atoms with van der Waals surface area (Å²) in [4.78, 5) is 15.2. The third-order valence-corrected chi connectivity index (χ3v) is 3.17. The van der Waals surface area contributed by atoms with Crippen molar-refractivity contribution in [1.82, 2.24) is 4.98 Å². The van der Waals surface area contributed by atoms with Crippen LogP contribution >= 0.6 is 11.8 Å². The van der Waals surface area contributed by atoms with E-state index in [4.69, 9.17) is 9.52 Å². The van der Waals surface area contributed by atoms with E-state index in [0.29, 0.717) is 10.8 Å². The van der Waals surface area contributed by atoms with E-state index in [-0.39, 0.29) is 0 Å². The number of para-hydroxylation sites is 2. The minimum Gasteiger partial charge on any atom is -0.480 e. The number of thioether (sulfide) groups is 1. The summed E-state index contributed by atoms with van der Waals surface area (Å²) < 4.78 is 4.50. The number of benzene rings is 1. The lowest BCUT2D eigenvalue weighted by Crippen LogP contribution is -2.26. The van der Waals surface area contributed by atoms with Crippen LogP contribution in [0.1, 0.15) is 13.8 Å². The van der Waals surface area contributed by atoms with Gasteiger partial charge in [-0.15, -0.1) is 0 Å². The van der Waals surface area contributed by atoms with E-state index >= 15 is 0 Å². The average molecular weight is 237 g/mol. The fourth-order valence-electron chi connectivity index (χ4n) is 1.16. The molecule has 2 rings (SSSR count). The molecule has 0 bridgehead atoms. The van der Waals surface area contributed by atoms with Crippen molar-refractivity contribution in [2.75, 3.05) is 0 Å². The zero-order valence-corrected chi connectivity index (χ0v) is 9.75. The van der Waals surface area contributed by atoms with Gasteiger partial charge < -0.3 is 9.52 Å². The summed E-state index contributed by atoms with van der Waals surface area (Å²) in [5.41, 5.74) is 1.41. The molecule has 1 heterocycles. The molecular formula is C11H11NO3S. The van der Waals surface area contributed by atoms with Gasteiger partial charge in [0.05, 0.1) is 0 Å². The van der Waals surface area contributed by atoms with E-state index in [1.165, 1.54) is 0 Å². The summed E-state index contributed by atoms with van der Waals surface area (Å²) in [5.74, 6) is -0.889. The molecule has 84 valence electrons. The zero-order valence-electron chi connectivity index (χ0n) is 8.93. The second kappa shape index (κ2) is 3.83. The Morgan fingerprint density at radius 2 is 2.12 bits per heavy atom. The smallest absolute Gasteiger partial charge is 0.319 e. The number of aliphatic carboxylic acids is 1. The van der Waals surface area contributed by atoms with Crippen LogP contribution in [-0.4, -0.2) is 20.8 Å². The van der Waals surface area contributed by atoms with Crippen LogP contribution in [0, 0.1) is 0 Å². The Kier molecular flexibility index (Phi) is 2.63. The van der Waals surface area contributed by atoms with Gasteiger partial charge in [0.25, 0.3) is 5.22 Å². The van der Waals surface area contributed by atoms with Crippen LogP contribution in [0.25, 0.3) is 11.1 Å². The van der Waals surface area contributed by atoms with Gasteiger partial charge >= 0.3 is 5.97 Å². The van der Waals surface area contributed by atoms with Crippen molar-refractivity contribution < 1.29 is 14.3 Å². The number of aromatic nitrogens is 1. The maximum atomic E-state index is 11.0. The average Bonchev–Trinajstić information content (AvgIpc) is 2.58. The molecular weight excluding hydrogens is 226 g/mol. The van der Waals surface area contributed by atoms with Crippen LogP contribution in [0.15, 0.2) is 33.9 Å². The van der Waals surface area contributed by atoms with E-state index in [0.717, 1.165) is 17.3 Å². The van der Waals surface area contributed by atoms with Gasteiger partial charge in [-0.2, -0.15) is 0 Å². The first-order valence-electron chi connectivity index (χ1n) is 4.77. The molecule has 0 radical (unpaired) electrons. The number of rotatable bonds is 3. The molecule has 1 N–H and O–H groups in total. The summed E-state index contributed by atoms with van der Waals surface area (Å²) in [6.45, 7) is 3.24. The monoisotopic (exact) mass is 237 g/mol. The van der Waals surface area contributed by atoms with Gasteiger partial charge in [0.2, 0.25) is 0 Å². The largest absolute Gasteiger partial charge is 0.480 e. The standard InChI is InChI=1S/C11H11NO3S/c1-11(2,9(13)14)16-10-12-7-5-3-4-6-8(7)15-10/h3-6H,1-2H3,(H,13,14). The molecule has 2 aromatic rings. The predicted molar refractivity (Wildman–Crippen MR) is 61.6 cm³/mol. The van der Waals surface area contributed by atoms with Gasteiger partial charge in [0, 0.05) is 0 Å². The van der Waals surface area contributed by atoms with Crippen LogP contribution in [-0.2, 0) is 4.79 Å². The quantitative estimate of drug-likeness (QED) is 0.831. The highest BCUT2D eigenvalue weighted by Crippen LogP contribution is 2.33. The van der Waals surface area contributed by atoms with Crippen molar-refractivity contribution >= 4 is 28.8 Å². The normalized spacial score (nSPS) is 11.9. The number of fused-ring (bicyclic) bond motifs is 1. The SMILES string of the molecule is CC(C)(Sc1nc2ccccc2o1)C(=O)O. The fraction of sp³-hybridized carbons (Fsp3) is 0.273. The Bertz CT molecular complexity index is 500. The minimum atomic E-state index is -0.944. The molecule has 0 aliphatic heterocycles. The Morgan fingerprint density at radius 3 is 2.75 bits per heavy atom. The Labute approximate surface area is 96.7 Å². The lowest BCUT2D eigenvalue weighted by atomic mass is 10.2. The number of oxazole rings is 1. The van der Waals surface area contributed by atoms with Crippen LogP contribution in [0.3, 0.4) is 0 Å². The first kappa shape index (κ1) is 11.0. The molecule has 0 saturated carbocycles. The third kappa shape index (κ3) is 2.04. The van der Waals surface area contributed by atoms with E-state index in [1.54, 1.807) is 19.9 Å². The molecule has 16 heavy (non-hydrogen) atoms.